The maximum absolute atomic E-state index is 12.6. The highest BCUT2D eigenvalue weighted by molar-refractivity contribution is 7.47. The molecule has 0 aromatic rings. The van der Waals surface area contributed by atoms with Gasteiger partial charge < -0.3 is 20.1 Å². The van der Waals surface area contributed by atoms with Crippen molar-refractivity contribution < 1.29 is 47.2 Å². The van der Waals surface area contributed by atoms with Gasteiger partial charge in [0.15, 0.2) is 6.10 Å². The molecule has 0 fully saturated rings. The number of nitrogens with two attached hydrogens (primary N) is 1. The topological polar surface area (TPSA) is 134 Å². The summed E-state index contributed by atoms with van der Waals surface area (Å²) in [5, 5.41) is 0. The molecular formula is C38H74NO8P. The van der Waals surface area contributed by atoms with Gasteiger partial charge in [-0.2, -0.15) is 0 Å². The Morgan fingerprint density at radius 2 is 1.23 bits per heavy atom. The summed E-state index contributed by atoms with van der Waals surface area (Å²) in [6.07, 6.45) is 20.2. The van der Waals surface area contributed by atoms with E-state index in [1.807, 2.05) is 0 Å². The van der Waals surface area contributed by atoms with Crippen LogP contribution < -0.4 is 5.73 Å². The van der Waals surface area contributed by atoms with E-state index in [9.17, 15) is 19.0 Å². The van der Waals surface area contributed by atoms with Gasteiger partial charge in [0.1, 0.15) is 6.61 Å². The van der Waals surface area contributed by atoms with E-state index in [-0.39, 0.29) is 39.0 Å². The van der Waals surface area contributed by atoms with E-state index in [0.29, 0.717) is 25.7 Å². The highest BCUT2D eigenvalue weighted by Gasteiger charge is 2.25. The number of esters is 2. The van der Waals surface area contributed by atoms with Crippen LogP contribution in [0.4, 0.5) is 0 Å². The highest BCUT2D eigenvalue weighted by atomic mass is 31.2. The molecule has 0 heterocycles. The lowest BCUT2D eigenvalue weighted by molar-refractivity contribution is -0.161. The van der Waals surface area contributed by atoms with Gasteiger partial charge in [-0.1, -0.05) is 148 Å². The smallest absolute Gasteiger partial charge is 0.462 e. The Kier molecular flexibility index (Phi) is 26.1. The van der Waals surface area contributed by atoms with Crippen molar-refractivity contribution in [1.82, 2.24) is 0 Å². The van der Waals surface area contributed by atoms with Crippen LogP contribution in [0.3, 0.4) is 0 Å². The van der Waals surface area contributed by atoms with Gasteiger partial charge in [-0.05, 0) is 38.5 Å². The first-order chi connectivity index (χ1) is 26.0. The zero-order chi connectivity index (χ0) is 41.5. The molecule has 0 spiro atoms. The molecule has 0 saturated carbocycles. The average molecular weight is 711 g/mol. The molecule has 0 bridgehead atoms. The zero-order valence-electron chi connectivity index (χ0n) is 37.1. The van der Waals surface area contributed by atoms with Crippen molar-refractivity contribution in [2.24, 2.45) is 5.73 Å². The van der Waals surface area contributed by atoms with Crippen molar-refractivity contribution >= 4 is 19.8 Å². The molecule has 2 atom stereocenters. The van der Waals surface area contributed by atoms with Crippen LogP contribution in [0.15, 0.2) is 12.2 Å². The molecule has 0 aromatic heterocycles. The third-order valence-corrected chi connectivity index (χ3v) is 8.92. The molecule has 0 radical (unpaired) electrons. The Bertz CT molecular complexity index is 1070. The van der Waals surface area contributed by atoms with E-state index in [1.165, 1.54) is 51.4 Å². The molecular weight excluding hydrogens is 629 g/mol. The predicted octanol–water partition coefficient (Wildman–Crippen LogP) is 10.7. The number of carbonyl (C=O) groups excluding carboxylic acids is 2. The van der Waals surface area contributed by atoms with Crippen LogP contribution in [0.5, 0.6) is 0 Å². The third kappa shape index (κ3) is 34.6. The summed E-state index contributed by atoms with van der Waals surface area (Å²) in [4.78, 5) is 34.8. The van der Waals surface area contributed by atoms with E-state index in [1.54, 1.807) is 0 Å². The standard InChI is InChI=1S/C38H74NO8P/c1-3-5-7-9-11-13-15-17-18-19-21-23-25-27-29-31-38(41)47-36(35-46-48(42,43)45-33-32-39)34-44-37(40)30-28-26-24-22-20-16-14-12-10-8-6-4-2/h17-18,36H,3-16,19-35,39H2,1-2H3,(H,42,43)/b18-17+/t36-/m1/s1/i1D3,3D2,5D2. The number of ether oxygens (including phenoxy) is 2. The Morgan fingerprint density at radius 1 is 0.729 bits per heavy atom. The van der Waals surface area contributed by atoms with E-state index < -0.39 is 52.1 Å². The van der Waals surface area contributed by atoms with Gasteiger partial charge in [0, 0.05) is 29.0 Å². The number of phosphoric acid groups is 1. The first-order valence-corrected chi connectivity index (χ1v) is 20.3. The minimum Gasteiger partial charge on any atom is -0.462 e. The first-order valence-electron chi connectivity index (χ1n) is 22.3. The lowest BCUT2D eigenvalue weighted by Crippen LogP contribution is -2.29. The van der Waals surface area contributed by atoms with Crippen molar-refractivity contribution in [3.05, 3.63) is 12.2 Å². The van der Waals surface area contributed by atoms with Gasteiger partial charge in [0.2, 0.25) is 0 Å². The molecule has 1 unspecified atom stereocenters. The summed E-state index contributed by atoms with van der Waals surface area (Å²) >= 11 is 0. The average Bonchev–Trinajstić information content (AvgIpc) is 3.11. The molecule has 0 aromatic carbocycles. The maximum Gasteiger partial charge on any atom is 0.472 e. The Labute approximate surface area is 304 Å². The number of hydrogen-bond acceptors (Lipinski definition) is 8. The summed E-state index contributed by atoms with van der Waals surface area (Å²) in [6.45, 7) is -1.73. The number of carbonyl (C=O) groups is 2. The quantitative estimate of drug-likeness (QED) is 0.0279. The summed E-state index contributed by atoms with van der Waals surface area (Å²) in [5.41, 5.74) is 5.32. The summed E-state index contributed by atoms with van der Waals surface area (Å²) in [6, 6.07) is 0. The molecule has 0 saturated heterocycles. The van der Waals surface area contributed by atoms with E-state index >= 15 is 0 Å². The molecule has 0 aliphatic heterocycles. The fourth-order valence-electron chi connectivity index (χ4n) is 5.12. The van der Waals surface area contributed by atoms with Gasteiger partial charge in [-0.25, -0.2) is 4.57 Å². The van der Waals surface area contributed by atoms with Crippen molar-refractivity contribution in [1.29, 1.82) is 0 Å². The lowest BCUT2D eigenvalue weighted by Gasteiger charge is -2.19. The van der Waals surface area contributed by atoms with Gasteiger partial charge in [0.05, 0.1) is 13.2 Å². The minimum absolute atomic E-state index is 0.0206. The molecule has 9 nitrogen and oxygen atoms in total. The third-order valence-electron chi connectivity index (χ3n) is 7.94. The number of allylic oxidation sites excluding steroid dienone is 2. The minimum atomic E-state index is -4.42. The van der Waals surface area contributed by atoms with Gasteiger partial charge in [-0.3, -0.25) is 18.6 Å². The normalized spacial score (nSPS) is 16.5. The van der Waals surface area contributed by atoms with Crippen LogP contribution in [-0.2, 0) is 32.7 Å². The second-order valence-electron chi connectivity index (χ2n) is 12.5. The van der Waals surface area contributed by atoms with Gasteiger partial charge in [0.25, 0.3) is 0 Å². The molecule has 0 aliphatic carbocycles. The molecule has 284 valence electrons. The van der Waals surface area contributed by atoms with Crippen LogP contribution in [0.25, 0.3) is 0 Å². The highest BCUT2D eigenvalue weighted by Crippen LogP contribution is 2.43. The van der Waals surface area contributed by atoms with Crippen molar-refractivity contribution in [2.75, 3.05) is 26.4 Å². The second-order valence-corrected chi connectivity index (χ2v) is 14.0. The molecule has 0 amide bonds. The van der Waals surface area contributed by atoms with Crippen LogP contribution >= 0.6 is 7.82 Å². The SMILES string of the molecule is [2H]C([2H])([2H])C([2H])([2H])C([2H])([2H])CCCCC/C=C/CCCCCCCC(=O)O[C@H](COC(=O)CCCCCCCCCCCCCC)COP(=O)(O)OCCN. The number of phosphoric ester groups is 1. The predicted molar refractivity (Wildman–Crippen MR) is 197 cm³/mol. The van der Waals surface area contributed by atoms with Crippen LogP contribution in [-0.4, -0.2) is 49.3 Å². The molecule has 0 aliphatic rings. The summed E-state index contributed by atoms with van der Waals surface area (Å²) < 4.78 is 85.5. The Morgan fingerprint density at radius 3 is 1.77 bits per heavy atom. The van der Waals surface area contributed by atoms with Gasteiger partial charge >= 0.3 is 19.8 Å². The fourth-order valence-corrected chi connectivity index (χ4v) is 5.89. The second kappa shape index (κ2) is 35.6. The number of rotatable bonds is 37. The van der Waals surface area contributed by atoms with Crippen LogP contribution in [0.2, 0.25) is 0 Å². The maximum atomic E-state index is 12.6. The van der Waals surface area contributed by atoms with Crippen LogP contribution in [0.1, 0.15) is 197 Å². The monoisotopic (exact) mass is 711 g/mol. The van der Waals surface area contributed by atoms with Crippen molar-refractivity contribution in [3.8, 4) is 0 Å². The van der Waals surface area contributed by atoms with E-state index in [4.69, 9.17) is 33.9 Å². The summed E-state index contributed by atoms with van der Waals surface area (Å²) in [7, 11) is -4.42. The molecule has 10 heteroatoms. The number of hydrogen-bond donors (Lipinski definition) is 2. The van der Waals surface area contributed by atoms with Crippen molar-refractivity contribution in [2.45, 2.75) is 193 Å². The first kappa shape index (κ1) is 35.2. The van der Waals surface area contributed by atoms with Crippen molar-refractivity contribution in [3.63, 3.8) is 0 Å². The fraction of sp³-hybridized carbons (Fsp3) is 0.895. The molecule has 3 N–H and O–H groups in total. The molecule has 0 rings (SSSR count). The van der Waals surface area contributed by atoms with E-state index in [2.05, 4.69) is 19.1 Å². The van der Waals surface area contributed by atoms with E-state index in [0.717, 1.165) is 64.2 Å². The van der Waals surface area contributed by atoms with Gasteiger partial charge in [-0.15, -0.1) is 0 Å². The largest absolute Gasteiger partial charge is 0.472 e. The number of unbranched alkanes of at least 4 members (excludes halogenated alkanes) is 19. The zero-order valence-corrected chi connectivity index (χ0v) is 31.0. The Balaban J connectivity index is 4.28. The lowest BCUT2D eigenvalue weighted by atomic mass is 10.0. The molecule has 48 heavy (non-hydrogen) atoms. The van der Waals surface area contributed by atoms with Crippen LogP contribution in [0, 0.1) is 0 Å². The Hall–Kier alpha value is -1.25. The summed E-state index contributed by atoms with van der Waals surface area (Å²) in [5.74, 6) is -0.941.